The van der Waals surface area contributed by atoms with Gasteiger partial charge < -0.3 is 5.32 Å². The zero-order valence-corrected chi connectivity index (χ0v) is 13.5. The van der Waals surface area contributed by atoms with Crippen LogP contribution in [0.1, 0.15) is 57.1 Å². The number of hydrogen-bond donors (Lipinski definition) is 1. The fraction of sp³-hybridized carbons (Fsp3) is 0.625. The van der Waals surface area contributed by atoms with Gasteiger partial charge in [0.15, 0.2) is 0 Å². The van der Waals surface area contributed by atoms with Crippen LogP contribution in [0.25, 0.3) is 0 Å². The van der Waals surface area contributed by atoms with E-state index in [1.807, 2.05) is 6.92 Å². The normalized spacial score (nSPS) is 18.8. The highest BCUT2D eigenvalue weighted by molar-refractivity contribution is 9.10. The number of nitrogens with one attached hydrogen (secondary N) is 1. The molecule has 1 N–H and O–H groups in total. The maximum absolute atomic E-state index is 14.2. The van der Waals surface area contributed by atoms with E-state index in [0.29, 0.717) is 10.4 Å². The van der Waals surface area contributed by atoms with Gasteiger partial charge in [-0.15, -0.1) is 0 Å². The molecule has 0 radical (unpaired) electrons. The van der Waals surface area contributed by atoms with Gasteiger partial charge in [-0.2, -0.15) is 0 Å². The Morgan fingerprint density at radius 1 is 1.15 bits per heavy atom. The molecule has 20 heavy (non-hydrogen) atoms. The molecule has 0 amide bonds. The molecule has 0 saturated heterocycles. The van der Waals surface area contributed by atoms with Crippen molar-refractivity contribution in [3.05, 3.63) is 33.8 Å². The summed E-state index contributed by atoms with van der Waals surface area (Å²) >= 11 is 3.14. The van der Waals surface area contributed by atoms with Crippen LogP contribution in [0.4, 0.5) is 8.78 Å². The van der Waals surface area contributed by atoms with Crippen molar-refractivity contribution in [1.82, 2.24) is 5.32 Å². The minimum absolute atomic E-state index is 0.210. The summed E-state index contributed by atoms with van der Waals surface area (Å²) in [6.07, 6.45) is 6.89. The Morgan fingerprint density at radius 3 is 2.20 bits per heavy atom. The summed E-state index contributed by atoms with van der Waals surface area (Å²) in [6, 6.07) is 2.50. The molecule has 4 heteroatoms. The number of hydrogen-bond acceptors (Lipinski definition) is 1. The Bertz CT molecular complexity index is 419. The van der Waals surface area contributed by atoms with E-state index in [9.17, 15) is 8.78 Å². The third kappa shape index (κ3) is 3.79. The van der Waals surface area contributed by atoms with E-state index in [-0.39, 0.29) is 11.6 Å². The van der Waals surface area contributed by atoms with Crippen molar-refractivity contribution in [2.75, 3.05) is 6.54 Å². The summed E-state index contributed by atoms with van der Waals surface area (Å²) in [5.74, 6) is -0.582. The van der Waals surface area contributed by atoms with Gasteiger partial charge in [-0.25, -0.2) is 8.78 Å². The van der Waals surface area contributed by atoms with Gasteiger partial charge in [0, 0.05) is 16.1 Å². The van der Waals surface area contributed by atoms with Crippen LogP contribution in [0.3, 0.4) is 0 Å². The lowest BCUT2D eigenvalue weighted by molar-refractivity contribution is 0.313. The fourth-order valence-corrected chi connectivity index (χ4v) is 3.62. The summed E-state index contributed by atoms with van der Waals surface area (Å²) in [5.41, 5.74) is 0.210. The number of rotatable bonds is 4. The highest BCUT2D eigenvalue weighted by atomic mass is 79.9. The molecule has 1 saturated carbocycles. The van der Waals surface area contributed by atoms with E-state index >= 15 is 0 Å². The van der Waals surface area contributed by atoms with Gasteiger partial charge in [-0.05, 0) is 37.4 Å². The second-order valence-corrected chi connectivity index (χ2v) is 6.49. The molecule has 1 aromatic carbocycles. The van der Waals surface area contributed by atoms with E-state index in [2.05, 4.69) is 21.2 Å². The van der Waals surface area contributed by atoms with Crippen molar-refractivity contribution in [2.24, 2.45) is 5.92 Å². The first kappa shape index (κ1) is 15.9. The molecule has 0 heterocycles. The summed E-state index contributed by atoms with van der Waals surface area (Å²) in [4.78, 5) is 0. The first-order valence-electron chi connectivity index (χ1n) is 7.51. The Balaban J connectivity index is 2.32. The summed E-state index contributed by atoms with van der Waals surface area (Å²) in [5, 5.41) is 3.30. The quantitative estimate of drug-likeness (QED) is 0.725. The van der Waals surface area contributed by atoms with E-state index in [0.717, 1.165) is 32.2 Å². The third-order valence-corrected chi connectivity index (χ3v) is 4.61. The van der Waals surface area contributed by atoms with Gasteiger partial charge in [0.05, 0.1) is 0 Å². The average molecular weight is 346 g/mol. The van der Waals surface area contributed by atoms with Crippen LogP contribution in [0.2, 0.25) is 0 Å². The van der Waals surface area contributed by atoms with E-state index in [1.54, 1.807) is 0 Å². The second kappa shape index (κ2) is 7.51. The predicted molar refractivity (Wildman–Crippen MR) is 81.7 cm³/mol. The fourth-order valence-electron chi connectivity index (χ4n) is 3.22. The monoisotopic (exact) mass is 345 g/mol. The van der Waals surface area contributed by atoms with Gasteiger partial charge in [-0.3, -0.25) is 0 Å². The first-order valence-corrected chi connectivity index (χ1v) is 8.30. The first-order chi connectivity index (χ1) is 9.63. The molecule has 1 aliphatic carbocycles. The topological polar surface area (TPSA) is 12.0 Å². The van der Waals surface area contributed by atoms with Gasteiger partial charge in [0.2, 0.25) is 0 Å². The summed E-state index contributed by atoms with van der Waals surface area (Å²) < 4.78 is 28.9. The molecule has 1 unspecified atom stereocenters. The molecule has 1 aliphatic rings. The maximum Gasteiger partial charge on any atom is 0.132 e. The van der Waals surface area contributed by atoms with Crippen molar-refractivity contribution >= 4 is 15.9 Å². The van der Waals surface area contributed by atoms with Crippen LogP contribution in [0.5, 0.6) is 0 Å². The Labute approximate surface area is 128 Å². The van der Waals surface area contributed by atoms with Crippen LogP contribution < -0.4 is 5.32 Å². The SMILES string of the molecule is CCNC(c1c(F)cc(Br)cc1F)C1CCCCCC1. The van der Waals surface area contributed by atoms with E-state index < -0.39 is 11.6 Å². The minimum Gasteiger partial charge on any atom is -0.310 e. The predicted octanol–water partition coefficient (Wildman–Crippen LogP) is 5.35. The van der Waals surface area contributed by atoms with Gasteiger partial charge in [0.1, 0.15) is 11.6 Å². The minimum atomic E-state index is -0.452. The second-order valence-electron chi connectivity index (χ2n) is 5.57. The van der Waals surface area contributed by atoms with Gasteiger partial charge in [-0.1, -0.05) is 48.5 Å². The van der Waals surface area contributed by atoms with Crippen LogP contribution in [-0.2, 0) is 0 Å². The highest BCUT2D eigenvalue weighted by Crippen LogP contribution is 2.36. The lowest BCUT2D eigenvalue weighted by Gasteiger charge is -2.28. The van der Waals surface area contributed by atoms with Crippen LogP contribution in [0, 0.1) is 17.6 Å². The molecule has 2 rings (SSSR count). The van der Waals surface area contributed by atoms with Crippen molar-refractivity contribution < 1.29 is 8.78 Å². The molecule has 1 atom stereocenters. The molecule has 0 aliphatic heterocycles. The molecule has 1 fully saturated rings. The van der Waals surface area contributed by atoms with Gasteiger partial charge >= 0.3 is 0 Å². The molecule has 112 valence electrons. The molecule has 0 spiro atoms. The smallest absolute Gasteiger partial charge is 0.132 e. The molecule has 1 aromatic rings. The van der Waals surface area contributed by atoms with Crippen LogP contribution in [0.15, 0.2) is 16.6 Å². The van der Waals surface area contributed by atoms with Crippen molar-refractivity contribution in [3.63, 3.8) is 0 Å². The van der Waals surface area contributed by atoms with Crippen LogP contribution >= 0.6 is 15.9 Å². The third-order valence-electron chi connectivity index (χ3n) is 4.15. The zero-order valence-electron chi connectivity index (χ0n) is 11.9. The molecule has 1 nitrogen and oxygen atoms in total. The molecule has 0 bridgehead atoms. The van der Waals surface area contributed by atoms with Crippen molar-refractivity contribution in [2.45, 2.75) is 51.5 Å². The average Bonchev–Trinajstić information content (AvgIpc) is 2.65. The lowest BCUT2D eigenvalue weighted by Crippen LogP contribution is -2.30. The zero-order chi connectivity index (χ0) is 14.5. The standard InChI is InChI=1S/C16H22BrF2N/c1-2-20-16(11-7-5-3-4-6-8-11)15-13(18)9-12(17)10-14(15)19/h9-11,16,20H,2-8H2,1H3. The summed E-state index contributed by atoms with van der Waals surface area (Å²) in [7, 11) is 0. The Morgan fingerprint density at radius 2 is 1.70 bits per heavy atom. The Kier molecular flexibility index (Phi) is 5.97. The van der Waals surface area contributed by atoms with E-state index in [4.69, 9.17) is 0 Å². The maximum atomic E-state index is 14.2. The largest absolute Gasteiger partial charge is 0.310 e. The lowest BCUT2D eigenvalue weighted by atomic mass is 9.86. The Hall–Kier alpha value is -0.480. The van der Waals surface area contributed by atoms with Crippen molar-refractivity contribution in [3.8, 4) is 0 Å². The highest BCUT2D eigenvalue weighted by Gasteiger charge is 2.28. The molecular weight excluding hydrogens is 324 g/mol. The van der Waals surface area contributed by atoms with Crippen LogP contribution in [-0.4, -0.2) is 6.54 Å². The van der Waals surface area contributed by atoms with E-state index in [1.165, 1.54) is 25.0 Å². The number of halogens is 3. The van der Waals surface area contributed by atoms with Crippen molar-refractivity contribution in [1.29, 1.82) is 0 Å². The summed E-state index contributed by atoms with van der Waals surface area (Å²) in [6.45, 7) is 2.70. The number of benzene rings is 1. The van der Waals surface area contributed by atoms with Gasteiger partial charge in [0.25, 0.3) is 0 Å². The molecular formula is C16H22BrF2N. The molecule has 0 aromatic heterocycles.